The highest BCUT2D eigenvalue weighted by Gasteiger charge is 2.42. The lowest BCUT2D eigenvalue weighted by atomic mass is 9.68. The van der Waals surface area contributed by atoms with E-state index in [9.17, 15) is 5.26 Å². The van der Waals surface area contributed by atoms with Gasteiger partial charge in [0.15, 0.2) is 0 Å². The fourth-order valence-corrected chi connectivity index (χ4v) is 3.05. The molecule has 4 heteroatoms. The Morgan fingerprint density at radius 1 is 1.64 bits per heavy atom. The molecule has 1 aromatic heterocycles. The molecule has 1 saturated carbocycles. The van der Waals surface area contributed by atoms with Gasteiger partial charge < -0.3 is 0 Å². The van der Waals surface area contributed by atoms with Crippen molar-refractivity contribution >= 4 is 11.5 Å². The van der Waals surface area contributed by atoms with E-state index in [0.29, 0.717) is 5.92 Å². The van der Waals surface area contributed by atoms with Gasteiger partial charge in [0.05, 0.1) is 6.07 Å². The van der Waals surface area contributed by atoms with Crippen molar-refractivity contribution in [2.24, 2.45) is 5.92 Å². The summed E-state index contributed by atoms with van der Waals surface area (Å²) in [5, 5.41) is 10.3. The second-order valence-electron chi connectivity index (χ2n) is 3.98. The van der Waals surface area contributed by atoms with Gasteiger partial charge in [-0.2, -0.15) is 9.64 Å². The third-order valence-corrected chi connectivity index (χ3v) is 4.08. The average molecular weight is 207 g/mol. The van der Waals surface area contributed by atoms with Crippen molar-refractivity contribution in [1.29, 1.82) is 5.26 Å². The highest BCUT2D eigenvalue weighted by atomic mass is 32.1. The van der Waals surface area contributed by atoms with Crippen molar-refractivity contribution < 1.29 is 0 Å². The number of hydrogen-bond donors (Lipinski definition) is 0. The van der Waals surface area contributed by atoms with E-state index < -0.39 is 0 Å². The van der Waals surface area contributed by atoms with Crippen molar-refractivity contribution in [2.45, 2.75) is 38.0 Å². The number of hydrogen-bond acceptors (Lipinski definition) is 4. The molecular formula is C10H13N3S. The molecule has 0 bridgehead atoms. The minimum Gasteiger partial charge on any atom is -0.226 e. The quantitative estimate of drug-likeness (QED) is 0.711. The Labute approximate surface area is 88.0 Å². The minimum absolute atomic E-state index is 0.348. The van der Waals surface area contributed by atoms with Crippen molar-refractivity contribution in [2.75, 3.05) is 0 Å². The molecule has 0 aromatic carbocycles. The molecule has 1 aliphatic rings. The summed E-state index contributed by atoms with van der Waals surface area (Å²) in [6.07, 6.45) is 6.01. The Bertz CT molecular complexity index is 341. The molecule has 1 heterocycles. The summed E-state index contributed by atoms with van der Waals surface area (Å²) in [7, 11) is 0. The largest absolute Gasteiger partial charge is 0.226 e. The molecule has 1 fully saturated rings. The molecule has 2 rings (SSSR count). The zero-order valence-electron chi connectivity index (χ0n) is 8.23. The Hall–Kier alpha value is -0.950. The predicted molar refractivity (Wildman–Crippen MR) is 54.8 cm³/mol. The van der Waals surface area contributed by atoms with E-state index in [1.807, 2.05) is 0 Å². The highest BCUT2D eigenvalue weighted by Crippen LogP contribution is 2.43. The third-order valence-electron chi connectivity index (χ3n) is 3.24. The van der Waals surface area contributed by atoms with Gasteiger partial charge in [0.25, 0.3) is 0 Å². The van der Waals surface area contributed by atoms with E-state index in [4.69, 9.17) is 0 Å². The van der Waals surface area contributed by atoms with Gasteiger partial charge in [-0.25, -0.2) is 4.98 Å². The summed E-state index contributed by atoms with van der Waals surface area (Å²) >= 11 is 1.37. The number of aromatic nitrogens is 2. The maximum absolute atomic E-state index is 9.37. The van der Waals surface area contributed by atoms with Crippen LogP contribution in [0.2, 0.25) is 0 Å². The Morgan fingerprint density at radius 3 is 3.07 bits per heavy atom. The van der Waals surface area contributed by atoms with Gasteiger partial charge in [0.1, 0.15) is 16.7 Å². The fourth-order valence-electron chi connectivity index (χ4n) is 2.25. The summed E-state index contributed by atoms with van der Waals surface area (Å²) in [6.45, 7) is 2.16. The van der Waals surface area contributed by atoms with E-state index in [0.717, 1.165) is 24.3 Å². The summed E-state index contributed by atoms with van der Waals surface area (Å²) in [4.78, 5) is 4.22. The van der Waals surface area contributed by atoms with Gasteiger partial charge in [-0.15, -0.1) is 0 Å². The second-order valence-corrected chi connectivity index (χ2v) is 4.76. The van der Waals surface area contributed by atoms with Gasteiger partial charge in [-0.1, -0.05) is 19.8 Å². The predicted octanol–water partition coefficient (Wildman–Crippen LogP) is 2.51. The normalized spacial score (nSPS) is 32.4. The van der Waals surface area contributed by atoms with Crippen LogP contribution in [0.1, 0.15) is 37.6 Å². The molecule has 74 valence electrons. The summed E-state index contributed by atoms with van der Waals surface area (Å²) in [5.74, 6) is 0.411. The fraction of sp³-hybridized carbons (Fsp3) is 0.700. The van der Waals surface area contributed by atoms with E-state index in [1.165, 1.54) is 18.0 Å². The molecule has 0 spiro atoms. The molecular weight excluding hydrogens is 194 g/mol. The van der Waals surface area contributed by atoms with Crippen LogP contribution in [0.25, 0.3) is 0 Å². The third kappa shape index (κ3) is 1.32. The van der Waals surface area contributed by atoms with Gasteiger partial charge in [-0.3, -0.25) is 0 Å². The lowest BCUT2D eigenvalue weighted by Gasteiger charge is -2.34. The molecule has 0 amide bonds. The maximum atomic E-state index is 9.37. The van der Waals surface area contributed by atoms with Crippen LogP contribution >= 0.6 is 11.5 Å². The summed E-state index contributed by atoms with van der Waals surface area (Å²) in [6, 6.07) is 2.48. The van der Waals surface area contributed by atoms with Crippen molar-refractivity contribution in [3.05, 3.63) is 11.3 Å². The first-order valence-corrected chi connectivity index (χ1v) is 5.75. The van der Waals surface area contributed by atoms with Crippen LogP contribution in [0.4, 0.5) is 0 Å². The van der Waals surface area contributed by atoms with Crippen LogP contribution in [-0.4, -0.2) is 9.36 Å². The van der Waals surface area contributed by atoms with Gasteiger partial charge in [0.2, 0.25) is 0 Å². The van der Waals surface area contributed by atoms with E-state index >= 15 is 0 Å². The molecule has 14 heavy (non-hydrogen) atoms. The van der Waals surface area contributed by atoms with Crippen molar-refractivity contribution in [1.82, 2.24) is 9.36 Å². The zero-order chi connectivity index (χ0) is 10.0. The molecule has 2 unspecified atom stereocenters. The SMILES string of the molecule is CC1CCCCC1(C#N)c1ncns1. The molecule has 3 nitrogen and oxygen atoms in total. The Balaban J connectivity index is 2.38. The van der Waals surface area contributed by atoms with Crippen LogP contribution in [0.15, 0.2) is 6.33 Å². The van der Waals surface area contributed by atoms with Crippen LogP contribution in [0, 0.1) is 17.2 Å². The first kappa shape index (κ1) is 9.60. The molecule has 0 N–H and O–H groups in total. The van der Waals surface area contributed by atoms with Gasteiger partial charge in [0, 0.05) is 0 Å². The molecule has 0 saturated heterocycles. The Morgan fingerprint density at radius 2 is 2.50 bits per heavy atom. The monoisotopic (exact) mass is 207 g/mol. The number of nitriles is 1. The minimum atomic E-state index is -0.348. The summed E-state index contributed by atoms with van der Waals surface area (Å²) in [5.41, 5.74) is -0.348. The lowest BCUT2D eigenvalue weighted by molar-refractivity contribution is 0.260. The van der Waals surface area contributed by atoms with E-state index in [2.05, 4.69) is 22.4 Å². The van der Waals surface area contributed by atoms with Crippen molar-refractivity contribution in [3.63, 3.8) is 0 Å². The van der Waals surface area contributed by atoms with Crippen LogP contribution < -0.4 is 0 Å². The Kier molecular flexibility index (Phi) is 2.51. The topological polar surface area (TPSA) is 49.6 Å². The lowest BCUT2D eigenvalue weighted by Crippen LogP contribution is -2.35. The van der Waals surface area contributed by atoms with E-state index in [-0.39, 0.29) is 5.41 Å². The van der Waals surface area contributed by atoms with Crippen molar-refractivity contribution in [3.8, 4) is 6.07 Å². The number of nitrogens with zero attached hydrogens (tertiary/aromatic N) is 3. The standard InChI is InChI=1S/C10H13N3S/c1-8-4-2-3-5-10(8,6-11)9-12-7-13-14-9/h7-8H,2-5H2,1H3. The van der Waals surface area contributed by atoms with Gasteiger partial charge in [-0.05, 0) is 30.3 Å². The molecule has 2 atom stereocenters. The molecule has 1 aliphatic carbocycles. The molecule has 0 aliphatic heterocycles. The van der Waals surface area contributed by atoms with E-state index in [1.54, 1.807) is 6.33 Å². The first-order valence-electron chi connectivity index (χ1n) is 4.98. The summed E-state index contributed by atoms with van der Waals surface area (Å²) < 4.78 is 4.00. The average Bonchev–Trinajstić information content (AvgIpc) is 2.72. The maximum Gasteiger partial charge on any atom is 0.134 e. The first-order chi connectivity index (χ1) is 6.79. The smallest absolute Gasteiger partial charge is 0.134 e. The zero-order valence-corrected chi connectivity index (χ0v) is 9.05. The van der Waals surface area contributed by atoms with Crippen LogP contribution in [-0.2, 0) is 5.41 Å². The molecule has 1 aromatic rings. The number of rotatable bonds is 1. The molecule has 0 radical (unpaired) electrons. The highest BCUT2D eigenvalue weighted by molar-refractivity contribution is 7.05. The second kappa shape index (κ2) is 3.66. The van der Waals surface area contributed by atoms with Crippen LogP contribution in [0.5, 0.6) is 0 Å². The van der Waals surface area contributed by atoms with Gasteiger partial charge >= 0.3 is 0 Å². The van der Waals surface area contributed by atoms with Crippen LogP contribution in [0.3, 0.4) is 0 Å².